The van der Waals surface area contributed by atoms with Crippen molar-refractivity contribution in [3.63, 3.8) is 0 Å². The van der Waals surface area contributed by atoms with Gasteiger partial charge in [0, 0.05) is 13.1 Å². The standard InChI is InChI=1S/C14H29N3O4/c15-9-5-8-12(6-1-3-10-16-13(18)19)7-2-4-11-17-14(20)21/h12,16-17H,1-11,15H2,(H,18,19)(H,20,21). The van der Waals surface area contributed by atoms with Crippen LogP contribution in [-0.2, 0) is 0 Å². The molecule has 0 rings (SSSR count). The zero-order chi connectivity index (χ0) is 15.9. The maximum Gasteiger partial charge on any atom is 0.404 e. The van der Waals surface area contributed by atoms with E-state index in [4.69, 9.17) is 15.9 Å². The van der Waals surface area contributed by atoms with Crippen molar-refractivity contribution in [1.29, 1.82) is 0 Å². The molecule has 0 aromatic heterocycles. The minimum atomic E-state index is -0.972. The maximum atomic E-state index is 10.3. The Morgan fingerprint density at radius 3 is 1.62 bits per heavy atom. The highest BCUT2D eigenvalue weighted by Gasteiger charge is 2.08. The Morgan fingerprint density at radius 2 is 1.24 bits per heavy atom. The highest BCUT2D eigenvalue weighted by Crippen LogP contribution is 2.20. The van der Waals surface area contributed by atoms with Gasteiger partial charge in [-0.05, 0) is 38.1 Å². The van der Waals surface area contributed by atoms with Crippen molar-refractivity contribution in [2.45, 2.75) is 51.4 Å². The number of nitrogens with one attached hydrogen (secondary N) is 2. The van der Waals surface area contributed by atoms with Gasteiger partial charge in [-0.15, -0.1) is 0 Å². The van der Waals surface area contributed by atoms with Crippen LogP contribution in [0.5, 0.6) is 0 Å². The molecule has 0 radical (unpaired) electrons. The molecular formula is C14H29N3O4. The van der Waals surface area contributed by atoms with E-state index in [1.165, 1.54) is 0 Å². The summed E-state index contributed by atoms with van der Waals surface area (Å²) in [5.41, 5.74) is 5.55. The predicted octanol–water partition coefficient (Wildman–Crippen LogP) is 2.22. The molecule has 0 spiro atoms. The summed E-state index contributed by atoms with van der Waals surface area (Å²) in [6.07, 6.45) is 6.02. The highest BCUT2D eigenvalue weighted by molar-refractivity contribution is 5.64. The lowest BCUT2D eigenvalue weighted by molar-refractivity contribution is 0.193. The minimum Gasteiger partial charge on any atom is -0.465 e. The fourth-order valence-electron chi connectivity index (χ4n) is 2.35. The molecule has 2 amide bonds. The minimum absolute atomic E-state index is 0.501. The number of rotatable bonds is 13. The monoisotopic (exact) mass is 303 g/mol. The third-order valence-electron chi connectivity index (χ3n) is 3.45. The van der Waals surface area contributed by atoms with Gasteiger partial charge in [-0.2, -0.15) is 0 Å². The van der Waals surface area contributed by atoms with Gasteiger partial charge in [-0.25, -0.2) is 9.59 Å². The average Bonchev–Trinajstić information content (AvgIpc) is 2.42. The first-order valence-electron chi connectivity index (χ1n) is 7.70. The first kappa shape index (κ1) is 19.5. The molecule has 6 N–H and O–H groups in total. The molecule has 0 aromatic carbocycles. The summed E-state index contributed by atoms with van der Waals surface area (Å²) in [6, 6.07) is 0. The smallest absolute Gasteiger partial charge is 0.404 e. The average molecular weight is 303 g/mol. The number of hydrogen-bond acceptors (Lipinski definition) is 3. The van der Waals surface area contributed by atoms with E-state index in [1.807, 2.05) is 0 Å². The van der Waals surface area contributed by atoms with Crippen LogP contribution >= 0.6 is 0 Å². The summed E-state index contributed by atoms with van der Waals surface area (Å²) in [4.78, 5) is 20.6. The highest BCUT2D eigenvalue weighted by atomic mass is 16.4. The Morgan fingerprint density at radius 1 is 0.810 bits per heavy atom. The molecule has 21 heavy (non-hydrogen) atoms. The van der Waals surface area contributed by atoms with Crippen LogP contribution in [0.4, 0.5) is 9.59 Å². The zero-order valence-electron chi connectivity index (χ0n) is 12.6. The quantitative estimate of drug-likeness (QED) is 0.334. The van der Waals surface area contributed by atoms with Gasteiger partial charge in [0.15, 0.2) is 0 Å². The molecule has 0 aliphatic heterocycles. The van der Waals surface area contributed by atoms with Gasteiger partial charge in [-0.1, -0.05) is 25.7 Å². The molecule has 0 aliphatic rings. The number of hydrogen-bond donors (Lipinski definition) is 5. The summed E-state index contributed by atoms with van der Waals surface area (Å²) in [7, 11) is 0. The largest absolute Gasteiger partial charge is 0.465 e. The summed E-state index contributed by atoms with van der Waals surface area (Å²) >= 11 is 0. The van der Waals surface area contributed by atoms with E-state index in [-0.39, 0.29) is 0 Å². The van der Waals surface area contributed by atoms with Crippen molar-refractivity contribution < 1.29 is 19.8 Å². The lowest BCUT2D eigenvalue weighted by Gasteiger charge is -2.16. The van der Waals surface area contributed by atoms with E-state index >= 15 is 0 Å². The Labute approximate surface area is 126 Å². The summed E-state index contributed by atoms with van der Waals surface area (Å²) in [5, 5.41) is 21.7. The molecule has 0 fully saturated rings. The Kier molecular flexibility index (Phi) is 12.5. The van der Waals surface area contributed by atoms with Crippen LogP contribution < -0.4 is 16.4 Å². The van der Waals surface area contributed by atoms with Crippen molar-refractivity contribution in [3.8, 4) is 0 Å². The van der Waals surface area contributed by atoms with Gasteiger partial charge in [0.2, 0.25) is 0 Å². The molecular weight excluding hydrogens is 274 g/mol. The van der Waals surface area contributed by atoms with E-state index in [0.717, 1.165) is 51.4 Å². The van der Waals surface area contributed by atoms with Crippen LogP contribution in [0.1, 0.15) is 51.4 Å². The molecule has 0 atom stereocenters. The topological polar surface area (TPSA) is 125 Å². The van der Waals surface area contributed by atoms with Gasteiger partial charge in [0.25, 0.3) is 0 Å². The lowest BCUT2D eigenvalue weighted by Crippen LogP contribution is -2.22. The normalized spacial score (nSPS) is 10.6. The lowest BCUT2D eigenvalue weighted by atomic mass is 9.91. The molecule has 0 saturated heterocycles. The van der Waals surface area contributed by atoms with Gasteiger partial charge in [-0.3, -0.25) is 0 Å². The van der Waals surface area contributed by atoms with Crippen molar-refractivity contribution in [2.75, 3.05) is 19.6 Å². The summed E-state index contributed by atoms with van der Waals surface area (Å²) < 4.78 is 0. The summed E-state index contributed by atoms with van der Waals surface area (Å²) in [6.45, 7) is 1.70. The number of amides is 2. The number of unbranched alkanes of at least 4 members (excludes halogenated alkanes) is 2. The van der Waals surface area contributed by atoms with Crippen molar-refractivity contribution in [1.82, 2.24) is 10.6 Å². The first-order chi connectivity index (χ1) is 10.1. The van der Waals surface area contributed by atoms with Crippen LogP contribution in [-0.4, -0.2) is 42.0 Å². The Balaban J connectivity index is 3.70. The number of carbonyl (C=O) groups is 2. The molecule has 0 aromatic rings. The number of carboxylic acid groups (broad SMARTS) is 2. The van der Waals surface area contributed by atoms with Gasteiger partial charge in [0.1, 0.15) is 0 Å². The second-order valence-electron chi connectivity index (χ2n) is 5.25. The fourth-order valence-corrected chi connectivity index (χ4v) is 2.35. The zero-order valence-corrected chi connectivity index (χ0v) is 12.6. The van der Waals surface area contributed by atoms with Gasteiger partial charge >= 0.3 is 12.2 Å². The SMILES string of the molecule is NCCCC(CCCCNC(=O)O)CCCCNC(=O)O. The van der Waals surface area contributed by atoms with E-state index in [1.54, 1.807) is 0 Å². The van der Waals surface area contributed by atoms with Crippen molar-refractivity contribution in [3.05, 3.63) is 0 Å². The van der Waals surface area contributed by atoms with Crippen LogP contribution in [0.25, 0.3) is 0 Å². The van der Waals surface area contributed by atoms with E-state index in [2.05, 4.69) is 10.6 Å². The summed E-state index contributed by atoms with van der Waals surface area (Å²) in [5.74, 6) is 0.600. The third-order valence-corrected chi connectivity index (χ3v) is 3.45. The molecule has 0 aliphatic carbocycles. The molecule has 124 valence electrons. The van der Waals surface area contributed by atoms with E-state index in [9.17, 15) is 9.59 Å². The molecule has 0 unspecified atom stereocenters. The van der Waals surface area contributed by atoms with Crippen LogP contribution in [0.15, 0.2) is 0 Å². The molecule has 0 bridgehead atoms. The maximum absolute atomic E-state index is 10.3. The molecule has 7 heteroatoms. The van der Waals surface area contributed by atoms with E-state index in [0.29, 0.717) is 25.6 Å². The fraction of sp³-hybridized carbons (Fsp3) is 0.857. The molecule has 0 saturated carbocycles. The second-order valence-corrected chi connectivity index (χ2v) is 5.25. The third kappa shape index (κ3) is 14.7. The van der Waals surface area contributed by atoms with Crippen LogP contribution in [0, 0.1) is 5.92 Å². The predicted molar refractivity (Wildman–Crippen MR) is 81.5 cm³/mol. The molecule has 7 nitrogen and oxygen atoms in total. The van der Waals surface area contributed by atoms with Crippen molar-refractivity contribution >= 4 is 12.2 Å². The first-order valence-corrected chi connectivity index (χ1v) is 7.70. The number of nitrogens with two attached hydrogens (primary N) is 1. The van der Waals surface area contributed by atoms with Gasteiger partial charge < -0.3 is 26.6 Å². The van der Waals surface area contributed by atoms with Gasteiger partial charge in [0.05, 0.1) is 0 Å². The second kappa shape index (κ2) is 13.5. The Hall–Kier alpha value is -1.50. The van der Waals surface area contributed by atoms with E-state index < -0.39 is 12.2 Å². The Bertz CT molecular complexity index is 263. The van der Waals surface area contributed by atoms with Crippen molar-refractivity contribution in [2.24, 2.45) is 11.7 Å². The molecule has 0 heterocycles. The van der Waals surface area contributed by atoms with Crippen LogP contribution in [0.2, 0.25) is 0 Å². The van der Waals surface area contributed by atoms with Crippen LogP contribution in [0.3, 0.4) is 0 Å².